The molecule has 0 aliphatic carbocycles. The summed E-state index contributed by atoms with van der Waals surface area (Å²) in [6, 6.07) is -0.873. The summed E-state index contributed by atoms with van der Waals surface area (Å²) in [7, 11) is 0. The number of hydrogen-bond donors (Lipinski definition) is 3. The molecule has 0 bridgehead atoms. The van der Waals surface area contributed by atoms with E-state index in [1.54, 1.807) is 13.8 Å². The Morgan fingerprint density at radius 3 is 2.12 bits per heavy atom. The molecular weight excluding hydrogens is 310 g/mol. The highest BCUT2D eigenvalue weighted by atomic mass is 16.5. The molecule has 0 aromatic carbocycles. The number of nitrogens with one attached hydrogen (secondary N) is 2. The standard InChI is InChI=1S/C17H33N3O4/c1-8-24-15(2,3)11-12(22)20-13(14(23)19-9-10-21)16(4,5)17(6,7)18/h10,13H,8-9,11,18H2,1-7H3,(H,19,23)(H,20,22). The molecule has 0 fully saturated rings. The maximum atomic E-state index is 12.5. The maximum absolute atomic E-state index is 12.5. The fraction of sp³-hybridized carbons (Fsp3) is 0.824. The summed E-state index contributed by atoms with van der Waals surface area (Å²) < 4.78 is 5.53. The molecule has 0 saturated heterocycles. The zero-order chi connectivity index (χ0) is 19.2. The third-order valence-corrected chi connectivity index (χ3v) is 4.43. The Balaban J connectivity index is 5.32. The minimum atomic E-state index is -0.873. The first-order chi connectivity index (χ1) is 10.8. The van der Waals surface area contributed by atoms with Crippen molar-refractivity contribution in [3.63, 3.8) is 0 Å². The Morgan fingerprint density at radius 2 is 1.71 bits per heavy atom. The lowest BCUT2D eigenvalue weighted by molar-refractivity contribution is -0.136. The van der Waals surface area contributed by atoms with Crippen LogP contribution >= 0.6 is 0 Å². The van der Waals surface area contributed by atoms with Gasteiger partial charge in [0.2, 0.25) is 11.8 Å². The molecule has 4 N–H and O–H groups in total. The lowest BCUT2D eigenvalue weighted by atomic mass is 9.69. The number of amides is 2. The van der Waals surface area contributed by atoms with Crippen molar-refractivity contribution >= 4 is 18.1 Å². The van der Waals surface area contributed by atoms with Crippen molar-refractivity contribution in [1.29, 1.82) is 0 Å². The highest BCUT2D eigenvalue weighted by Crippen LogP contribution is 2.32. The monoisotopic (exact) mass is 343 g/mol. The molecule has 1 atom stereocenters. The van der Waals surface area contributed by atoms with Crippen LogP contribution in [0.2, 0.25) is 0 Å². The molecule has 0 saturated carbocycles. The Labute approximate surface area is 145 Å². The van der Waals surface area contributed by atoms with Crippen LogP contribution in [0.1, 0.15) is 54.9 Å². The minimum absolute atomic E-state index is 0.110. The van der Waals surface area contributed by atoms with Gasteiger partial charge in [0.05, 0.1) is 18.6 Å². The lowest BCUT2D eigenvalue weighted by Crippen LogP contribution is -2.64. The Bertz CT molecular complexity index is 453. The van der Waals surface area contributed by atoms with Crippen LogP contribution in [0.5, 0.6) is 0 Å². The molecule has 2 amide bonds. The molecule has 0 aromatic rings. The van der Waals surface area contributed by atoms with E-state index in [2.05, 4.69) is 10.6 Å². The molecular formula is C17H33N3O4. The summed E-state index contributed by atoms with van der Waals surface area (Å²) in [5.74, 6) is -0.745. The van der Waals surface area contributed by atoms with Gasteiger partial charge in [-0.25, -0.2) is 0 Å². The summed E-state index contributed by atoms with van der Waals surface area (Å²) in [5.41, 5.74) is 4.09. The van der Waals surface area contributed by atoms with E-state index in [9.17, 15) is 14.4 Å². The van der Waals surface area contributed by atoms with Gasteiger partial charge in [-0.1, -0.05) is 13.8 Å². The van der Waals surface area contributed by atoms with Gasteiger partial charge in [0.1, 0.15) is 12.3 Å². The van der Waals surface area contributed by atoms with Gasteiger partial charge >= 0.3 is 0 Å². The zero-order valence-corrected chi connectivity index (χ0v) is 16.0. The average Bonchev–Trinajstić information content (AvgIpc) is 2.39. The van der Waals surface area contributed by atoms with Crippen LogP contribution in [0.15, 0.2) is 0 Å². The molecule has 140 valence electrons. The first-order valence-corrected chi connectivity index (χ1v) is 8.22. The predicted octanol–water partition coefficient (Wildman–Crippen LogP) is 0.755. The molecule has 0 spiro atoms. The molecule has 0 aliphatic rings. The second-order valence-electron chi connectivity index (χ2n) is 7.73. The van der Waals surface area contributed by atoms with E-state index in [0.717, 1.165) is 0 Å². The number of aldehydes is 1. The summed E-state index contributed by atoms with van der Waals surface area (Å²) >= 11 is 0. The highest BCUT2D eigenvalue weighted by molar-refractivity contribution is 5.89. The van der Waals surface area contributed by atoms with Crippen LogP contribution in [0, 0.1) is 5.41 Å². The van der Waals surface area contributed by atoms with E-state index in [-0.39, 0.29) is 18.9 Å². The molecule has 0 aliphatic heterocycles. The highest BCUT2D eigenvalue weighted by Gasteiger charge is 2.45. The van der Waals surface area contributed by atoms with E-state index in [0.29, 0.717) is 12.9 Å². The van der Waals surface area contributed by atoms with Crippen LogP contribution < -0.4 is 16.4 Å². The molecule has 0 radical (unpaired) electrons. The molecule has 7 heteroatoms. The molecule has 1 unspecified atom stereocenters. The van der Waals surface area contributed by atoms with Gasteiger partial charge in [0.15, 0.2) is 0 Å². The molecule has 0 heterocycles. The zero-order valence-electron chi connectivity index (χ0n) is 16.0. The third kappa shape index (κ3) is 6.57. The van der Waals surface area contributed by atoms with Crippen molar-refractivity contribution in [1.82, 2.24) is 10.6 Å². The van der Waals surface area contributed by atoms with Crippen molar-refractivity contribution < 1.29 is 19.1 Å². The van der Waals surface area contributed by atoms with Gasteiger partial charge in [0, 0.05) is 17.6 Å². The number of ether oxygens (including phenoxy) is 1. The smallest absolute Gasteiger partial charge is 0.243 e. The second kappa shape index (κ2) is 8.58. The van der Waals surface area contributed by atoms with Gasteiger partial charge in [-0.05, 0) is 34.6 Å². The molecule has 0 aromatic heterocycles. The number of nitrogens with two attached hydrogens (primary N) is 1. The molecule has 7 nitrogen and oxygen atoms in total. The van der Waals surface area contributed by atoms with Crippen LogP contribution in [-0.2, 0) is 19.1 Å². The topological polar surface area (TPSA) is 111 Å². The van der Waals surface area contributed by atoms with Gasteiger partial charge < -0.3 is 25.9 Å². The van der Waals surface area contributed by atoms with Crippen LogP contribution in [0.3, 0.4) is 0 Å². The summed E-state index contributed by atoms with van der Waals surface area (Å²) in [6.07, 6.45) is 0.703. The van der Waals surface area contributed by atoms with Gasteiger partial charge in [-0.2, -0.15) is 0 Å². The fourth-order valence-electron chi connectivity index (χ4n) is 2.23. The van der Waals surface area contributed by atoms with Gasteiger partial charge in [0.25, 0.3) is 0 Å². The lowest BCUT2D eigenvalue weighted by Gasteiger charge is -2.44. The van der Waals surface area contributed by atoms with Crippen molar-refractivity contribution in [2.24, 2.45) is 11.1 Å². The minimum Gasteiger partial charge on any atom is -0.375 e. The van der Waals surface area contributed by atoms with E-state index in [1.807, 2.05) is 34.6 Å². The first-order valence-electron chi connectivity index (χ1n) is 8.22. The SMILES string of the molecule is CCOC(C)(C)CC(=O)NC(C(=O)NCC=O)C(C)(C)C(C)(C)N. The Hall–Kier alpha value is -1.47. The van der Waals surface area contributed by atoms with Gasteiger partial charge in [-0.3, -0.25) is 9.59 Å². The van der Waals surface area contributed by atoms with Crippen LogP contribution in [0.4, 0.5) is 0 Å². The third-order valence-electron chi connectivity index (χ3n) is 4.43. The van der Waals surface area contributed by atoms with Gasteiger partial charge in [-0.15, -0.1) is 0 Å². The van der Waals surface area contributed by atoms with E-state index < -0.39 is 28.5 Å². The van der Waals surface area contributed by atoms with Crippen LogP contribution in [0.25, 0.3) is 0 Å². The van der Waals surface area contributed by atoms with Crippen molar-refractivity contribution in [2.75, 3.05) is 13.2 Å². The second-order valence-corrected chi connectivity index (χ2v) is 7.73. The number of rotatable bonds is 10. The van der Waals surface area contributed by atoms with E-state index in [1.165, 1.54) is 0 Å². The van der Waals surface area contributed by atoms with E-state index in [4.69, 9.17) is 10.5 Å². The normalized spacial score (nSPS) is 14.0. The largest absolute Gasteiger partial charge is 0.375 e. The first kappa shape index (κ1) is 22.5. The number of carbonyl (C=O) groups is 3. The summed E-state index contributed by atoms with van der Waals surface area (Å²) in [4.78, 5) is 35.4. The average molecular weight is 343 g/mol. The summed E-state index contributed by atoms with van der Waals surface area (Å²) in [5, 5.41) is 5.26. The van der Waals surface area contributed by atoms with Crippen molar-refractivity contribution in [3.8, 4) is 0 Å². The number of carbonyl (C=O) groups excluding carboxylic acids is 3. The quantitative estimate of drug-likeness (QED) is 0.507. The number of hydrogen-bond acceptors (Lipinski definition) is 5. The van der Waals surface area contributed by atoms with E-state index >= 15 is 0 Å². The van der Waals surface area contributed by atoms with Crippen molar-refractivity contribution in [2.45, 2.75) is 72.1 Å². The fourth-order valence-corrected chi connectivity index (χ4v) is 2.23. The molecule has 24 heavy (non-hydrogen) atoms. The maximum Gasteiger partial charge on any atom is 0.243 e. The Morgan fingerprint density at radius 1 is 1.17 bits per heavy atom. The predicted molar refractivity (Wildman–Crippen MR) is 93.4 cm³/mol. The Kier molecular flexibility index (Phi) is 8.05. The van der Waals surface area contributed by atoms with Crippen LogP contribution in [-0.4, -0.2) is 48.4 Å². The molecule has 0 rings (SSSR count). The summed E-state index contributed by atoms with van der Waals surface area (Å²) in [6.45, 7) is 13.1. The van der Waals surface area contributed by atoms with Crippen molar-refractivity contribution in [3.05, 3.63) is 0 Å².